The molecule has 24 valence electrons. The van der Waals surface area contributed by atoms with Crippen LogP contribution in [-0.4, -0.2) is 5.88 Å². The summed E-state index contributed by atoms with van der Waals surface area (Å²) >= 11 is 5.13. The molecule has 0 rings (SSSR count). The van der Waals surface area contributed by atoms with Crippen LogP contribution in [0.5, 0.6) is 0 Å². The third-order valence-electron chi connectivity index (χ3n) is 0.154. The molecule has 0 fully saturated rings. The van der Waals surface area contributed by atoms with E-state index < -0.39 is 0 Å². The van der Waals surface area contributed by atoms with Crippen LogP contribution in [0.1, 0.15) is 6.92 Å². The highest BCUT2D eigenvalue weighted by atomic mass is 35.5. The third kappa shape index (κ3) is 2.16. The second kappa shape index (κ2) is 3.16. The van der Waals surface area contributed by atoms with E-state index in [-0.39, 0.29) is 0 Å². The fourth-order valence-electron chi connectivity index (χ4n) is 0. The van der Waals surface area contributed by atoms with Gasteiger partial charge in [-0.25, -0.2) is 0 Å². The average molecular weight is 77.5 g/mol. The van der Waals surface area contributed by atoms with E-state index in [2.05, 4.69) is 0 Å². The van der Waals surface area contributed by atoms with Gasteiger partial charge in [-0.2, -0.15) is 0 Å². The zero-order valence-electron chi connectivity index (χ0n) is 2.66. The maximum absolute atomic E-state index is 5.13. The Bertz CT molecular complexity index is 5.25. The smallest absolute Gasteiger partial charge is 0.0738 e. The predicted molar refractivity (Wildman–Crippen MR) is 20.7 cm³/mol. The van der Waals surface area contributed by atoms with Gasteiger partial charge < -0.3 is 0 Å². The van der Waals surface area contributed by atoms with Crippen molar-refractivity contribution in [3.63, 3.8) is 0 Å². The Hall–Kier alpha value is 0.160. The average Bonchev–Trinajstić information content (AvgIpc) is 1.37. The first-order valence-corrected chi connectivity index (χ1v) is 1.79. The normalized spacial score (nSPS) is 6.50. The Morgan fingerprint density at radius 2 is 2.25 bits per heavy atom. The zero-order chi connectivity index (χ0) is 3.41. The van der Waals surface area contributed by atoms with Crippen LogP contribution >= 0.6 is 11.6 Å². The van der Waals surface area contributed by atoms with E-state index in [1.807, 2.05) is 13.3 Å². The zero-order valence-corrected chi connectivity index (χ0v) is 3.42. The lowest BCUT2D eigenvalue weighted by Crippen LogP contribution is -1.57. The summed E-state index contributed by atoms with van der Waals surface area (Å²) in [5.74, 6) is 0.667. The van der Waals surface area contributed by atoms with E-state index in [1.54, 1.807) is 0 Å². The largest absolute Gasteiger partial charge is 0.160 e. The van der Waals surface area contributed by atoms with Crippen molar-refractivity contribution < 1.29 is 0 Å². The van der Waals surface area contributed by atoms with Gasteiger partial charge in [0.2, 0.25) is 0 Å². The Morgan fingerprint density at radius 1 is 2.00 bits per heavy atom. The van der Waals surface area contributed by atoms with Gasteiger partial charge in [-0.1, -0.05) is 11.6 Å². The van der Waals surface area contributed by atoms with E-state index in [4.69, 9.17) is 11.6 Å². The van der Waals surface area contributed by atoms with Gasteiger partial charge in [-0.15, -0.1) is 0 Å². The van der Waals surface area contributed by atoms with Crippen molar-refractivity contribution in [2.75, 3.05) is 5.88 Å². The van der Waals surface area contributed by atoms with Crippen LogP contribution in [0, 0.1) is 6.42 Å². The lowest BCUT2D eigenvalue weighted by molar-refractivity contribution is 1.42. The first kappa shape index (κ1) is 4.16. The summed E-state index contributed by atoms with van der Waals surface area (Å²) in [4.78, 5) is 0. The van der Waals surface area contributed by atoms with Crippen molar-refractivity contribution in [3.05, 3.63) is 6.42 Å². The number of hydrogen-bond acceptors (Lipinski definition) is 0. The molecule has 0 amide bonds. The van der Waals surface area contributed by atoms with Crippen molar-refractivity contribution in [2.24, 2.45) is 0 Å². The monoisotopic (exact) mass is 77.0 g/mol. The molecule has 0 saturated heterocycles. The minimum absolute atomic E-state index is 0.667. The minimum Gasteiger partial charge on any atom is -0.0738 e. The first-order valence-electron chi connectivity index (χ1n) is 1.25. The molecule has 0 aromatic heterocycles. The summed E-state index contributed by atoms with van der Waals surface area (Å²) in [6.45, 7) is 1.92. The molecule has 0 aliphatic heterocycles. The molecule has 1 heteroatoms. The molecule has 0 aromatic rings. The van der Waals surface area contributed by atoms with Crippen LogP contribution in [0.4, 0.5) is 0 Å². The van der Waals surface area contributed by atoms with Crippen LogP contribution in [-0.2, 0) is 0 Å². The molecular weight excluding hydrogens is 71.5 g/mol. The van der Waals surface area contributed by atoms with Crippen LogP contribution in [0.15, 0.2) is 0 Å². The molecule has 0 heterocycles. The second-order valence-corrected chi connectivity index (χ2v) is 0.871. The summed E-state index contributed by atoms with van der Waals surface area (Å²) in [5.41, 5.74) is 0. The van der Waals surface area contributed by atoms with E-state index >= 15 is 0 Å². The Morgan fingerprint density at radius 3 is 2.25 bits per heavy atom. The van der Waals surface area contributed by atoms with Crippen molar-refractivity contribution in [1.82, 2.24) is 0 Å². The van der Waals surface area contributed by atoms with E-state index in [0.29, 0.717) is 5.88 Å². The van der Waals surface area contributed by atoms with Crippen LogP contribution in [0.3, 0.4) is 0 Å². The highest BCUT2D eigenvalue weighted by Crippen LogP contribution is 1.73. The summed E-state index contributed by atoms with van der Waals surface area (Å²) in [7, 11) is 0. The van der Waals surface area contributed by atoms with Gasteiger partial charge in [0.05, 0.1) is 13.3 Å². The maximum atomic E-state index is 5.13. The van der Waals surface area contributed by atoms with E-state index in [0.717, 1.165) is 0 Å². The molecule has 0 aromatic carbocycles. The molecule has 0 nitrogen and oxygen atoms in total. The summed E-state index contributed by atoms with van der Waals surface area (Å²) in [6, 6.07) is 0. The maximum Gasteiger partial charge on any atom is 0.160 e. The highest BCUT2D eigenvalue weighted by molar-refractivity contribution is 6.18. The molecule has 0 radical (unpaired) electrons. The van der Waals surface area contributed by atoms with E-state index in [1.165, 1.54) is 0 Å². The second-order valence-electron chi connectivity index (χ2n) is 0.563. The highest BCUT2D eigenvalue weighted by Gasteiger charge is 1.71. The molecule has 0 aliphatic carbocycles. The molecule has 0 N–H and O–H groups in total. The van der Waals surface area contributed by atoms with Gasteiger partial charge in [0.25, 0.3) is 0 Å². The molecule has 0 atom stereocenters. The van der Waals surface area contributed by atoms with Crippen molar-refractivity contribution >= 4 is 11.6 Å². The number of hydrogen-bond donors (Lipinski definition) is 0. The Labute approximate surface area is 31.8 Å². The number of halogens is 1. The van der Waals surface area contributed by atoms with Gasteiger partial charge in [0.15, 0.2) is 5.88 Å². The third-order valence-corrected chi connectivity index (χ3v) is 0.463. The molecule has 4 heavy (non-hydrogen) atoms. The molecule has 0 unspecified atom stereocenters. The van der Waals surface area contributed by atoms with Crippen LogP contribution < -0.4 is 0 Å². The number of alkyl halides is 1. The van der Waals surface area contributed by atoms with Gasteiger partial charge >= 0.3 is 0 Å². The van der Waals surface area contributed by atoms with Gasteiger partial charge in [-0.3, -0.25) is 0 Å². The van der Waals surface area contributed by atoms with Crippen molar-refractivity contribution in [3.8, 4) is 0 Å². The quantitative estimate of drug-likeness (QED) is 0.328. The van der Waals surface area contributed by atoms with E-state index in [9.17, 15) is 0 Å². The van der Waals surface area contributed by atoms with Crippen molar-refractivity contribution in [1.29, 1.82) is 0 Å². The van der Waals surface area contributed by atoms with Gasteiger partial charge in [0, 0.05) is 0 Å². The molecule has 0 saturated carbocycles. The Balaban J connectivity index is 1.97. The molecule has 0 aliphatic rings. The molecule has 0 bridgehead atoms. The SMILES string of the molecule is C[CH+]CCl. The lowest BCUT2D eigenvalue weighted by atomic mass is 10.6. The minimum atomic E-state index is 0.667. The molecular formula is C3H6Cl+. The summed E-state index contributed by atoms with van der Waals surface area (Å²) in [5, 5.41) is 0. The van der Waals surface area contributed by atoms with Gasteiger partial charge in [-0.05, 0) is 0 Å². The summed E-state index contributed by atoms with van der Waals surface area (Å²) < 4.78 is 0. The fraction of sp³-hybridized carbons (Fsp3) is 0.667. The van der Waals surface area contributed by atoms with Crippen molar-refractivity contribution in [2.45, 2.75) is 6.92 Å². The topological polar surface area (TPSA) is 0 Å². The standard InChI is InChI=1S/C3H6Cl/c1-2-3-4/h2H,3H2,1H3/q+1. The van der Waals surface area contributed by atoms with Crippen LogP contribution in [0.25, 0.3) is 0 Å². The fourth-order valence-corrected chi connectivity index (χ4v) is 0. The lowest BCUT2D eigenvalue weighted by Gasteiger charge is -1.53. The summed E-state index contributed by atoms with van der Waals surface area (Å²) in [6.07, 6.45) is 1.89. The first-order chi connectivity index (χ1) is 1.91. The molecule has 0 spiro atoms. The predicted octanol–water partition coefficient (Wildman–Crippen LogP) is 1.45. The van der Waals surface area contributed by atoms with Crippen LogP contribution in [0.2, 0.25) is 0 Å². The Kier molecular flexibility index (Phi) is 3.29. The van der Waals surface area contributed by atoms with Gasteiger partial charge in [0.1, 0.15) is 0 Å². The number of rotatable bonds is 1.